The summed E-state index contributed by atoms with van der Waals surface area (Å²) in [5.41, 5.74) is 6.30. The maximum atomic E-state index is 5.34. The molecule has 96 valence electrons. The minimum Gasteiger partial charge on any atom is -0.379 e. The third kappa shape index (κ3) is 2.06. The van der Waals surface area contributed by atoms with Crippen LogP contribution in [0.1, 0.15) is 0 Å². The fourth-order valence-electron chi connectivity index (χ4n) is 1.81. The Kier molecular flexibility index (Phi) is 2.92. The molecule has 0 atom stereocenters. The molecule has 0 radical (unpaired) electrons. The molecule has 0 bridgehead atoms. The Hall–Kier alpha value is -1.97. The molecule has 18 heavy (non-hydrogen) atoms. The number of fused-ring (bicyclic) bond motifs is 1. The van der Waals surface area contributed by atoms with Crippen molar-refractivity contribution >= 4 is 22.8 Å². The number of nitrogen functional groups attached to an aromatic ring is 1. The summed E-state index contributed by atoms with van der Waals surface area (Å²) in [5.74, 6) is 6.35. The lowest BCUT2D eigenvalue weighted by molar-refractivity contribution is 0.0495. The molecule has 1 saturated heterocycles. The highest BCUT2D eigenvalue weighted by atomic mass is 16.5. The van der Waals surface area contributed by atoms with E-state index in [4.69, 9.17) is 10.6 Å². The van der Waals surface area contributed by atoms with Crippen LogP contribution in [0, 0.1) is 0 Å². The van der Waals surface area contributed by atoms with Crippen molar-refractivity contribution in [3.05, 3.63) is 6.20 Å². The van der Waals surface area contributed by atoms with Gasteiger partial charge in [-0.2, -0.15) is 15.1 Å². The monoisotopic (exact) mass is 250 g/mol. The SMILES string of the molecule is NNc1nc(NN2CCOCC2)c2cn[nH]c2n1. The van der Waals surface area contributed by atoms with E-state index in [9.17, 15) is 0 Å². The number of aromatic amines is 1. The second-order valence-electron chi connectivity index (χ2n) is 3.88. The molecule has 1 fully saturated rings. The molecular formula is C9H14N8O. The first-order valence-electron chi connectivity index (χ1n) is 5.64. The molecule has 5 N–H and O–H groups in total. The number of anilines is 2. The molecular weight excluding hydrogens is 236 g/mol. The van der Waals surface area contributed by atoms with E-state index >= 15 is 0 Å². The largest absolute Gasteiger partial charge is 0.379 e. The third-order valence-electron chi connectivity index (χ3n) is 2.71. The maximum absolute atomic E-state index is 5.34. The summed E-state index contributed by atoms with van der Waals surface area (Å²) in [6.45, 7) is 3.01. The summed E-state index contributed by atoms with van der Waals surface area (Å²) < 4.78 is 5.29. The van der Waals surface area contributed by atoms with Gasteiger partial charge >= 0.3 is 0 Å². The zero-order valence-corrected chi connectivity index (χ0v) is 9.68. The smallest absolute Gasteiger partial charge is 0.241 e. The van der Waals surface area contributed by atoms with Gasteiger partial charge in [0.2, 0.25) is 5.95 Å². The lowest BCUT2D eigenvalue weighted by Gasteiger charge is -2.27. The number of nitrogens with one attached hydrogen (secondary N) is 3. The zero-order valence-electron chi connectivity index (χ0n) is 9.68. The molecule has 3 rings (SSSR count). The van der Waals surface area contributed by atoms with Crippen molar-refractivity contribution in [1.29, 1.82) is 0 Å². The highest BCUT2D eigenvalue weighted by Crippen LogP contribution is 2.20. The van der Waals surface area contributed by atoms with Gasteiger partial charge in [-0.05, 0) is 0 Å². The Morgan fingerprint density at radius 3 is 2.94 bits per heavy atom. The maximum Gasteiger partial charge on any atom is 0.241 e. The van der Waals surface area contributed by atoms with Gasteiger partial charge in [-0.15, -0.1) is 0 Å². The number of ether oxygens (including phenoxy) is 1. The number of aromatic nitrogens is 4. The van der Waals surface area contributed by atoms with Crippen molar-refractivity contribution in [1.82, 2.24) is 25.2 Å². The Labute approximate surface area is 103 Å². The van der Waals surface area contributed by atoms with Gasteiger partial charge in [-0.3, -0.25) is 10.5 Å². The van der Waals surface area contributed by atoms with Gasteiger partial charge in [0, 0.05) is 13.1 Å². The van der Waals surface area contributed by atoms with Crippen LogP contribution >= 0.6 is 0 Å². The van der Waals surface area contributed by atoms with Crippen molar-refractivity contribution < 1.29 is 4.74 Å². The van der Waals surface area contributed by atoms with E-state index in [2.05, 4.69) is 31.0 Å². The van der Waals surface area contributed by atoms with Crippen LogP contribution in [0.3, 0.4) is 0 Å². The molecule has 0 spiro atoms. The predicted octanol–water partition coefficient (Wildman–Crippen LogP) is -0.702. The van der Waals surface area contributed by atoms with E-state index in [0.717, 1.165) is 18.5 Å². The average Bonchev–Trinajstić information content (AvgIpc) is 2.88. The van der Waals surface area contributed by atoms with Gasteiger partial charge in [0.25, 0.3) is 0 Å². The van der Waals surface area contributed by atoms with E-state index in [1.54, 1.807) is 6.20 Å². The topological polar surface area (TPSA) is 117 Å². The summed E-state index contributed by atoms with van der Waals surface area (Å²) in [7, 11) is 0. The summed E-state index contributed by atoms with van der Waals surface area (Å²) in [6, 6.07) is 0. The van der Waals surface area contributed by atoms with E-state index in [0.29, 0.717) is 30.6 Å². The lowest BCUT2D eigenvalue weighted by Crippen LogP contribution is -2.40. The van der Waals surface area contributed by atoms with Crippen molar-refractivity contribution in [2.24, 2.45) is 5.84 Å². The van der Waals surface area contributed by atoms with Gasteiger partial charge in [0.1, 0.15) is 0 Å². The third-order valence-corrected chi connectivity index (χ3v) is 2.71. The summed E-state index contributed by atoms with van der Waals surface area (Å²) in [6.07, 6.45) is 1.68. The van der Waals surface area contributed by atoms with E-state index in [1.807, 2.05) is 5.01 Å². The quantitative estimate of drug-likeness (QED) is 0.417. The Bertz CT molecular complexity index is 534. The molecule has 0 saturated carbocycles. The van der Waals surface area contributed by atoms with Gasteiger partial charge in [0.05, 0.1) is 24.8 Å². The van der Waals surface area contributed by atoms with Crippen LogP contribution in [-0.4, -0.2) is 51.5 Å². The molecule has 2 aromatic heterocycles. The van der Waals surface area contributed by atoms with E-state index in [-0.39, 0.29) is 0 Å². The van der Waals surface area contributed by atoms with E-state index < -0.39 is 0 Å². The molecule has 0 unspecified atom stereocenters. The molecule has 2 aromatic rings. The molecule has 0 amide bonds. The normalized spacial score (nSPS) is 16.9. The fourth-order valence-corrected chi connectivity index (χ4v) is 1.81. The highest BCUT2D eigenvalue weighted by molar-refractivity contribution is 5.86. The molecule has 0 aromatic carbocycles. The first-order chi connectivity index (χ1) is 8.86. The van der Waals surface area contributed by atoms with Gasteiger partial charge in [-0.25, -0.2) is 10.9 Å². The molecule has 9 nitrogen and oxygen atoms in total. The van der Waals surface area contributed by atoms with Crippen molar-refractivity contribution in [2.75, 3.05) is 37.2 Å². The minimum absolute atomic E-state index is 0.336. The number of H-pyrrole nitrogens is 1. The van der Waals surface area contributed by atoms with Crippen LogP contribution in [0.5, 0.6) is 0 Å². The highest BCUT2D eigenvalue weighted by Gasteiger charge is 2.14. The van der Waals surface area contributed by atoms with Gasteiger partial charge < -0.3 is 10.2 Å². The second-order valence-corrected chi connectivity index (χ2v) is 3.88. The number of hydrogen-bond acceptors (Lipinski definition) is 8. The second kappa shape index (κ2) is 4.72. The number of morpholine rings is 1. The minimum atomic E-state index is 0.336. The van der Waals surface area contributed by atoms with Crippen LogP contribution in [-0.2, 0) is 4.74 Å². The molecule has 1 aliphatic rings. The Morgan fingerprint density at radius 2 is 2.17 bits per heavy atom. The van der Waals surface area contributed by atoms with Crippen molar-refractivity contribution in [2.45, 2.75) is 0 Å². The Morgan fingerprint density at radius 1 is 1.33 bits per heavy atom. The van der Waals surface area contributed by atoms with Crippen LogP contribution < -0.4 is 16.7 Å². The standard InChI is InChI=1S/C9H14N8O/c10-14-9-12-7-6(5-11-15-7)8(13-9)16-17-1-3-18-4-2-17/h5H,1-4,10H2,(H3,11,12,13,14,15,16). The molecule has 1 aliphatic heterocycles. The van der Waals surface area contributed by atoms with Gasteiger partial charge in [0.15, 0.2) is 11.5 Å². The van der Waals surface area contributed by atoms with Crippen LogP contribution in [0.4, 0.5) is 11.8 Å². The summed E-state index contributed by atoms with van der Waals surface area (Å²) in [5, 5.41) is 9.60. The number of hydrazine groups is 2. The zero-order chi connectivity index (χ0) is 12.4. The first-order valence-corrected chi connectivity index (χ1v) is 5.64. The molecule has 9 heteroatoms. The predicted molar refractivity (Wildman–Crippen MR) is 65.5 cm³/mol. The van der Waals surface area contributed by atoms with Crippen molar-refractivity contribution in [3.8, 4) is 0 Å². The Balaban J connectivity index is 1.91. The first kappa shape index (κ1) is 11.1. The average molecular weight is 250 g/mol. The van der Waals surface area contributed by atoms with E-state index in [1.165, 1.54) is 0 Å². The van der Waals surface area contributed by atoms with Crippen molar-refractivity contribution in [3.63, 3.8) is 0 Å². The van der Waals surface area contributed by atoms with Crippen LogP contribution in [0.15, 0.2) is 6.20 Å². The number of rotatable bonds is 3. The molecule has 0 aliphatic carbocycles. The van der Waals surface area contributed by atoms with Crippen LogP contribution in [0.2, 0.25) is 0 Å². The number of nitrogens with two attached hydrogens (primary N) is 1. The summed E-state index contributed by atoms with van der Waals surface area (Å²) in [4.78, 5) is 8.44. The fraction of sp³-hybridized carbons (Fsp3) is 0.444. The van der Waals surface area contributed by atoms with Gasteiger partial charge in [-0.1, -0.05) is 0 Å². The van der Waals surface area contributed by atoms with Crippen LogP contribution in [0.25, 0.3) is 11.0 Å². The lowest BCUT2D eigenvalue weighted by atomic mass is 10.4. The number of nitrogens with zero attached hydrogens (tertiary/aromatic N) is 4. The number of hydrogen-bond donors (Lipinski definition) is 4. The summed E-state index contributed by atoms with van der Waals surface area (Å²) >= 11 is 0. The molecule has 3 heterocycles.